The maximum absolute atomic E-state index is 12.9. The summed E-state index contributed by atoms with van der Waals surface area (Å²) in [4.78, 5) is 14.5. The van der Waals surface area contributed by atoms with Crippen LogP contribution in [0, 0.1) is 5.92 Å². The molecule has 3 rings (SSSR count). The third kappa shape index (κ3) is 6.77. The Morgan fingerprint density at radius 3 is 2.31 bits per heavy atom. The average Bonchev–Trinajstić information content (AvgIpc) is 3.20. The van der Waals surface area contributed by atoms with E-state index in [2.05, 4.69) is 0 Å². The molecule has 1 N–H and O–H groups in total. The number of piperidine rings is 1. The van der Waals surface area contributed by atoms with Crippen molar-refractivity contribution in [1.29, 1.82) is 0 Å². The first-order valence-electron chi connectivity index (χ1n) is 11.4. The van der Waals surface area contributed by atoms with Crippen LogP contribution in [-0.2, 0) is 10.9 Å². The summed E-state index contributed by atoms with van der Waals surface area (Å²) in [5, 5.41) is 10.3. The molecule has 1 aliphatic carbocycles. The molecule has 1 aromatic rings. The van der Waals surface area contributed by atoms with Crippen LogP contribution in [0.15, 0.2) is 24.3 Å². The Morgan fingerprint density at radius 2 is 1.75 bits per heavy atom. The number of benzene rings is 1. The monoisotopic (exact) mass is 457 g/mol. The molecule has 1 saturated carbocycles. The zero-order valence-electron chi connectivity index (χ0n) is 19.0. The number of rotatable bonds is 5. The summed E-state index contributed by atoms with van der Waals surface area (Å²) in [5.41, 5.74) is -1.34. The molecule has 0 aromatic heterocycles. The van der Waals surface area contributed by atoms with Crippen molar-refractivity contribution in [2.75, 3.05) is 6.54 Å². The van der Waals surface area contributed by atoms with Crippen LogP contribution in [-0.4, -0.2) is 46.5 Å². The van der Waals surface area contributed by atoms with E-state index in [0.717, 1.165) is 37.8 Å². The number of nitrogens with zero attached hydrogens (tertiary/aromatic N) is 1. The molecule has 32 heavy (non-hydrogen) atoms. The molecule has 180 valence electrons. The quantitative estimate of drug-likeness (QED) is 0.608. The Bertz CT molecular complexity index is 754. The second-order valence-corrected chi connectivity index (χ2v) is 9.96. The van der Waals surface area contributed by atoms with Gasteiger partial charge >= 0.3 is 12.3 Å². The largest absolute Gasteiger partial charge is 0.490 e. The molecular formula is C24H34F3NO4. The van der Waals surface area contributed by atoms with Gasteiger partial charge in [0.1, 0.15) is 17.5 Å². The Balaban J connectivity index is 1.76. The van der Waals surface area contributed by atoms with E-state index in [1.54, 1.807) is 4.90 Å². The first-order chi connectivity index (χ1) is 14.9. The van der Waals surface area contributed by atoms with Gasteiger partial charge in [-0.25, -0.2) is 4.79 Å². The minimum absolute atomic E-state index is 0.255. The highest BCUT2D eigenvalue weighted by atomic mass is 19.4. The molecule has 0 unspecified atom stereocenters. The van der Waals surface area contributed by atoms with Gasteiger partial charge in [0.05, 0.1) is 11.7 Å². The fourth-order valence-corrected chi connectivity index (χ4v) is 4.65. The summed E-state index contributed by atoms with van der Waals surface area (Å²) < 4.78 is 50.5. The predicted molar refractivity (Wildman–Crippen MR) is 114 cm³/mol. The lowest BCUT2D eigenvalue weighted by molar-refractivity contribution is -0.137. The Morgan fingerprint density at radius 1 is 1.12 bits per heavy atom. The smallest absolute Gasteiger partial charge is 0.416 e. The number of likely N-dealkylation sites (tertiary alicyclic amines) is 1. The highest BCUT2D eigenvalue weighted by Crippen LogP contribution is 2.36. The van der Waals surface area contributed by atoms with Gasteiger partial charge in [0.25, 0.3) is 0 Å². The molecule has 1 aromatic carbocycles. The molecule has 0 radical (unpaired) electrons. The molecule has 1 aliphatic heterocycles. The maximum Gasteiger partial charge on any atom is 0.416 e. The van der Waals surface area contributed by atoms with Crippen molar-refractivity contribution in [2.45, 2.75) is 95.7 Å². The lowest BCUT2D eigenvalue weighted by atomic mass is 9.89. The lowest BCUT2D eigenvalue weighted by Gasteiger charge is -2.40. The number of aliphatic hydroxyl groups is 1. The van der Waals surface area contributed by atoms with Crippen LogP contribution in [0.1, 0.15) is 71.3 Å². The van der Waals surface area contributed by atoms with Crippen molar-refractivity contribution < 1.29 is 32.5 Å². The molecule has 3 atom stereocenters. The fraction of sp³-hybridized carbons (Fsp3) is 0.708. The third-order valence-electron chi connectivity index (χ3n) is 6.22. The van der Waals surface area contributed by atoms with Crippen LogP contribution in [0.2, 0.25) is 0 Å². The van der Waals surface area contributed by atoms with E-state index in [9.17, 15) is 23.1 Å². The summed E-state index contributed by atoms with van der Waals surface area (Å²) >= 11 is 0. The van der Waals surface area contributed by atoms with Gasteiger partial charge in [0.2, 0.25) is 0 Å². The van der Waals surface area contributed by atoms with E-state index in [1.165, 1.54) is 12.1 Å². The minimum Gasteiger partial charge on any atom is -0.490 e. The van der Waals surface area contributed by atoms with Gasteiger partial charge in [-0.3, -0.25) is 0 Å². The van der Waals surface area contributed by atoms with E-state index >= 15 is 0 Å². The summed E-state index contributed by atoms with van der Waals surface area (Å²) in [5.74, 6) is 0.645. The number of aliphatic hydroxyl groups excluding tert-OH is 1. The molecular weight excluding hydrogens is 423 g/mol. The van der Waals surface area contributed by atoms with E-state index < -0.39 is 29.5 Å². The SMILES string of the molecule is CC(C)(C)OC(=O)N1CC[C@H](O)C[C@@H]1C[C@H](Oc1ccc(C(F)(F)F)cc1)C1CCCC1. The summed E-state index contributed by atoms with van der Waals surface area (Å²) in [6, 6.07) is 4.50. The van der Waals surface area contributed by atoms with Crippen LogP contribution in [0.4, 0.5) is 18.0 Å². The molecule has 1 saturated heterocycles. The van der Waals surface area contributed by atoms with Crippen molar-refractivity contribution in [3.8, 4) is 5.75 Å². The molecule has 1 amide bonds. The maximum atomic E-state index is 12.9. The number of carbonyl (C=O) groups is 1. The van der Waals surface area contributed by atoms with Gasteiger partial charge in [-0.2, -0.15) is 13.2 Å². The first-order valence-corrected chi connectivity index (χ1v) is 11.4. The average molecular weight is 458 g/mol. The Labute approximate surface area is 187 Å². The number of carbonyl (C=O) groups excluding carboxylic acids is 1. The Kier molecular flexibility index (Phi) is 7.63. The summed E-state index contributed by atoms with van der Waals surface area (Å²) in [6.45, 7) is 5.84. The number of alkyl halides is 3. The van der Waals surface area contributed by atoms with Gasteiger partial charge in [0.15, 0.2) is 0 Å². The molecule has 8 heteroatoms. The summed E-state index contributed by atoms with van der Waals surface area (Å²) in [6.07, 6.45) is -0.0150. The van der Waals surface area contributed by atoms with Crippen LogP contribution >= 0.6 is 0 Å². The molecule has 5 nitrogen and oxygen atoms in total. The molecule has 2 aliphatic rings. The van der Waals surface area contributed by atoms with E-state index in [0.29, 0.717) is 31.6 Å². The van der Waals surface area contributed by atoms with E-state index in [4.69, 9.17) is 9.47 Å². The molecule has 2 fully saturated rings. The lowest BCUT2D eigenvalue weighted by Crippen LogP contribution is -2.51. The summed E-state index contributed by atoms with van der Waals surface area (Å²) in [7, 11) is 0. The second-order valence-electron chi connectivity index (χ2n) is 9.96. The van der Waals surface area contributed by atoms with Crippen molar-refractivity contribution in [3.63, 3.8) is 0 Å². The van der Waals surface area contributed by atoms with Crippen molar-refractivity contribution >= 4 is 6.09 Å². The van der Waals surface area contributed by atoms with Crippen molar-refractivity contribution in [2.24, 2.45) is 5.92 Å². The van der Waals surface area contributed by atoms with Gasteiger partial charge in [-0.05, 0) is 76.6 Å². The Hall–Kier alpha value is -1.96. The van der Waals surface area contributed by atoms with Crippen LogP contribution in [0.25, 0.3) is 0 Å². The highest BCUT2D eigenvalue weighted by molar-refractivity contribution is 5.68. The number of halogens is 3. The standard InChI is InChI=1S/C24H34F3NO4/c1-23(2,3)32-22(30)28-13-12-19(29)14-18(28)15-21(16-6-4-5-7-16)31-20-10-8-17(9-11-20)24(25,26)27/h8-11,16,18-19,21,29H,4-7,12-15H2,1-3H3/t18-,19+,21+/m1/s1. The predicted octanol–water partition coefficient (Wildman–Crippen LogP) is 5.79. The van der Waals surface area contributed by atoms with Gasteiger partial charge < -0.3 is 19.5 Å². The third-order valence-corrected chi connectivity index (χ3v) is 6.22. The molecule has 0 bridgehead atoms. The topological polar surface area (TPSA) is 59.0 Å². The van der Waals surface area contributed by atoms with Gasteiger partial charge in [-0.15, -0.1) is 0 Å². The number of amides is 1. The van der Waals surface area contributed by atoms with E-state index in [1.807, 2.05) is 20.8 Å². The van der Waals surface area contributed by atoms with Crippen LogP contribution in [0.5, 0.6) is 5.75 Å². The number of ether oxygens (including phenoxy) is 2. The van der Waals surface area contributed by atoms with Crippen molar-refractivity contribution in [1.82, 2.24) is 4.90 Å². The highest BCUT2D eigenvalue weighted by Gasteiger charge is 2.38. The van der Waals surface area contributed by atoms with Crippen LogP contribution < -0.4 is 4.74 Å². The van der Waals surface area contributed by atoms with Gasteiger partial charge in [0, 0.05) is 19.0 Å². The van der Waals surface area contributed by atoms with Gasteiger partial charge in [-0.1, -0.05) is 12.8 Å². The van der Waals surface area contributed by atoms with Crippen LogP contribution in [0.3, 0.4) is 0 Å². The molecule has 0 spiro atoms. The second kappa shape index (κ2) is 9.89. The van der Waals surface area contributed by atoms with Crippen molar-refractivity contribution in [3.05, 3.63) is 29.8 Å². The fourth-order valence-electron chi connectivity index (χ4n) is 4.65. The zero-order chi connectivity index (χ0) is 23.5. The molecule has 1 heterocycles. The van der Waals surface area contributed by atoms with E-state index in [-0.39, 0.29) is 18.1 Å². The first kappa shape index (κ1) is 24.7. The normalized spacial score (nSPS) is 23.8. The zero-order valence-corrected chi connectivity index (χ0v) is 19.0. The number of hydrogen-bond acceptors (Lipinski definition) is 4. The minimum atomic E-state index is -4.39. The number of hydrogen-bond donors (Lipinski definition) is 1.